The lowest BCUT2D eigenvalue weighted by molar-refractivity contribution is 0.0730. The Kier molecular flexibility index (Phi) is 6.96. The third-order valence-electron chi connectivity index (χ3n) is 5.37. The molecule has 0 saturated carbocycles. The minimum absolute atomic E-state index is 0.00637. The van der Waals surface area contributed by atoms with Gasteiger partial charge in [-0.05, 0) is 30.3 Å². The van der Waals surface area contributed by atoms with Gasteiger partial charge in [-0.2, -0.15) is 4.31 Å². The highest BCUT2D eigenvalue weighted by molar-refractivity contribution is 7.89. The number of nitrogens with zero attached hydrogens (tertiary/aromatic N) is 2. The topological polar surface area (TPSA) is 88.2 Å². The van der Waals surface area contributed by atoms with E-state index in [1.807, 2.05) is 4.90 Å². The number of morpholine rings is 2. The monoisotopic (exact) mass is 483 g/mol. The summed E-state index contributed by atoms with van der Waals surface area (Å²) in [5.74, 6) is -1.39. The molecule has 8 nitrogen and oxygen atoms in total. The fraction of sp³-hybridized carbons (Fsp3) is 0.381. The molecule has 2 aromatic carbocycles. The molecular weight excluding hydrogens is 461 g/mol. The van der Waals surface area contributed by atoms with Crippen LogP contribution in [0.25, 0.3) is 0 Å². The summed E-state index contributed by atoms with van der Waals surface area (Å²) in [4.78, 5) is 15.1. The molecule has 0 unspecified atom stereocenters. The third-order valence-corrected chi connectivity index (χ3v) is 7.56. The Hall–Kier alpha value is -2.24. The van der Waals surface area contributed by atoms with Crippen LogP contribution >= 0.6 is 11.6 Å². The van der Waals surface area contributed by atoms with Gasteiger partial charge < -0.3 is 19.7 Å². The van der Waals surface area contributed by atoms with E-state index in [-0.39, 0.29) is 34.3 Å². The summed E-state index contributed by atoms with van der Waals surface area (Å²) in [5, 5.41) is 2.40. The second kappa shape index (κ2) is 9.72. The van der Waals surface area contributed by atoms with Crippen molar-refractivity contribution in [1.82, 2.24) is 4.31 Å². The summed E-state index contributed by atoms with van der Waals surface area (Å²) in [6, 6.07) is 8.73. The molecule has 0 spiro atoms. The van der Waals surface area contributed by atoms with Gasteiger partial charge in [0.05, 0.1) is 47.6 Å². The smallest absolute Gasteiger partial charge is 0.257 e. The first kappa shape index (κ1) is 22.9. The van der Waals surface area contributed by atoms with E-state index in [0.29, 0.717) is 45.2 Å². The highest BCUT2D eigenvalue weighted by atomic mass is 35.5. The van der Waals surface area contributed by atoms with Gasteiger partial charge in [0, 0.05) is 31.9 Å². The molecule has 0 atom stereocenters. The van der Waals surface area contributed by atoms with Crippen molar-refractivity contribution < 1.29 is 27.1 Å². The van der Waals surface area contributed by atoms with Crippen molar-refractivity contribution in [3.05, 3.63) is 52.8 Å². The predicted molar refractivity (Wildman–Crippen MR) is 118 cm³/mol. The Morgan fingerprint density at radius 1 is 1.00 bits per heavy atom. The van der Waals surface area contributed by atoms with Crippen LogP contribution in [0.15, 0.2) is 41.3 Å². The van der Waals surface area contributed by atoms with Crippen molar-refractivity contribution in [1.29, 1.82) is 0 Å². The molecule has 0 aliphatic carbocycles. The Balaban J connectivity index is 1.72. The first-order valence-electron chi connectivity index (χ1n) is 10.2. The van der Waals surface area contributed by atoms with Gasteiger partial charge in [0.25, 0.3) is 5.91 Å². The second-order valence-corrected chi connectivity index (χ2v) is 9.70. The summed E-state index contributed by atoms with van der Waals surface area (Å²) in [5.41, 5.74) is 0.589. The van der Waals surface area contributed by atoms with Crippen LogP contribution < -0.4 is 10.2 Å². The maximum atomic E-state index is 14.4. The maximum Gasteiger partial charge on any atom is 0.257 e. The van der Waals surface area contributed by atoms with Crippen LogP contribution in [0.5, 0.6) is 0 Å². The van der Waals surface area contributed by atoms with Gasteiger partial charge in [-0.15, -0.1) is 0 Å². The number of hydrogen-bond acceptors (Lipinski definition) is 6. The number of amides is 1. The predicted octanol–water partition coefficient (Wildman–Crippen LogP) is 2.59. The number of anilines is 2. The van der Waals surface area contributed by atoms with E-state index in [1.165, 1.54) is 34.6 Å². The van der Waals surface area contributed by atoms with Gasteiger partial charge in [-0.25, -0.2) is 12.8 Å². The number of hydrogen-bond donors (Lipinski definition) is 1. The molecule has 2 aromatic rings. The summed E-state index contributed by atoms with van der Waals surface area (Å²) >= 11 is 5.82. The van der Waals surface area contributed by atoms with Crippen LogP contribution in [0.2, 0.25) is 5.02 Å². The molecule has 2 heterocycles. The van der Waals surface area contributed by atoms with Crippen molar-refractivity contribution in [2.24, 2.45) is 0 Å². The van der Waals surface area contributed by atoms with E-state index in [9.17, 15) is 17.6 Å². The number of halogens is 2. The Labute approximate surface area is 190 Å². The summed E-state index contributed by atoms with van der Waals surface area (Å²) in [7, 11) is -3.82. The number of rotatable bonds is 5. The van der Waals surface area contributed by atoms with Crippen molar-refractivity contribution in [3.8, 4) is 0 Å². The van der Waals surface area contributed by atoms with Gasteiger partial charge >= 0.3 is 0 Å². The lowest BCUT2D eigenvalue weighted by Crippen LogP contribution is -2.41. The van der Waals surface area contributed by atoms with Gasteiger partial charge in [-0.1, -0.05) is 17.7 Å². The maximum absolute atomic E-state index is 14.4. The normalized spacial score (nSPS) is 17.9. The van der Waals surface area contributed by atoms with Gasteiger partial charge in [0.1, 0.15) is 0 Å². The van der Waals surface area contributed by atoms with E-state index in [2.05, 4.69) is 5.32 Å². The van der Waals surface area contributed by atoms with Crippen molar-refractivity contribution in [2.45, 2.75) is 4.90 Å². The average molecular weight is 484 g/mol. The van der Waals surface area contributed by atoms with Crippen LogP contribution in [0.1, 0.15) is 10.4 Å². The number of nitrogens with one attached hydrogen (secondary N) is 1. The lowest BCUT2D eigenvalue weighted by Gasteiger charge is -2.31. The fourth-order valence-electron chi connectivity index (χ4n) is 3.66. The third kappa shape index (κ3) is 4.74. The van der Waals surface area contributed by atoms with E-state index >= 15 is 0 Å². The highest BCUT2D eigenvalue weighted by Gasteiger charge is 2.29. The zero-order valence-corrected chi connectivity index (χ0v) is 18.8. The van der Waals surface area contributed by atoms with Gasteiger partial charge in [0.15, 0.2) is 5.82 Å². The van der Waals surface area contributed by atoms with Crippen molar-refractivity contribution in [3.63, 3.8) is 0 Å². The molecule has 32 heavy (non-hydrogen) atoms. The number of benzene rings is 2. The quantitative estimate of drug-likeness (QED) is 0.703. The van der Waals surface area contributed by atoms with Crippen molar-refractivity contribution in [2.75, 3.05) is 62.8 Å². The molecule has 172 valence electrons. The van der Waals surface area contributed by atoms with Gasteiger partial charge in [-0.3, -0.25) is 4.79 Å². The first-order valence-corrected chi connectivity index (χ1v) is 12.0. The fourth-order valence-corrected chi connectivity index (χ4v) is 5.27. The first-order chi connectivity index (χ1) is 15.4. The molecule has 2 fully saturated rings. The zero-order chi connectivity index (χ0) is 22.7. The second-order valence-electron chi connectivity index (χ2n) is 7.35. The molecule has 0 radical (unpaired) electrons. The molecule has 11 heteroatoms. The minimum atomic E-state index is -3.82. The molecule has 2 aliphatic heterocycles. The van der Waals surface area contributed by atoms with E-state index in [4.69, 9.17) is 21.1 Å². The number of sulfonamides is 1. The van der Waals surface area contributed by atoms with Crippen LogP contribution in [0.3, 0.4) is 0 Å². The Morgan fingerprint density at radius 3 is 2.34 bits per heavy atom. The zero-order valence-electron chi connectivity index (χ0n) is 17.2. The van der Waals surface area contributed by atoms with E-state index in [0.717, 1.165) is 0 Å². The van der Waals surface area contributed by atoms with Crippen LogP contribution in [-0.2, 0) is 19.5 Å². The average Bonchev–Trinajstić information content (AvgIpc) is 2.82. The van der Waals surface area contributed by atoms with E-state index in [1.54, 1.807) is 6.07 Å². The van der Waals surface area contributed by atoms with Gasteiger partial charge in [0.2, 0.25) is 10.0 Å². The highest BCUT2D eigenvalue weighted by Crippen LogP contribution is 2.29. The SMILES string of the molecule is O=C(Nc1cccc(Cl)c1F)c1cc(S(=O)(=O)N2CCOCC2)ccc1N1CCOCC1. The molecular formula is C21H23ClFN3O5S. The van der Waals surface area contributed by atoms with Crippen LogP contribution in [-0.4, -0.2) is 71.2 Å². The molecule has 4 rings (SSSR count). The van der Waals surface area contributed by atoms with Crippen LogP contribution in [0.4, 0.5) is 15.8 Å². The molecule has 2 saturated heterocycles. The molecule has 0 aromatic heterocycles. The largest absolute Gasteiger partial charge is 0.379 e. The van der Waals surface area contributed by atoms with Crippen molar-refractivity contribution >= 4 is 38.9 Å². The summed E-state index contributed by atoms with van der Waals surface area (Å²) in [6.45, 7) is 3.16. The number of ether oxygens (including phenoxy) is 2. The summed E-state index contributed by atoms with van der Waals surface area (Å²) < 4.78 is 52.6. The minimum Gasteiger partial charge on any atom is -0.379 e. The summed E-state index contributed by atoms with van der Waals surface area (Å²) in [6.07, 6.45) is 0. The Morgan fingerprint density at radius 2 is 1.66 bits per heavy atom. The number of carbonyl (C=O) groups is 1. The van der Waals surface area contributed by atoms with E-state index < -0.39 is 21.7 Å². The molecule has 0 bridgehead atoms. The Bertz CT molecular complexity index is 1100. The number of carbonyl (C=O) groups excluding carboxylic acids is 1. The molecule has 2 aliphatic rings. The molecule has 1 amide bonds. The molecule has 1 N–H and O–H groups in total. The lowest BCUT2D eigenvalue weighted by atomic mass is 10.1. The standard InChI is InChI=1S/C21H23ClFN3O5S/c22-17-2-1-3-18(20(17)23)24-21(27)16-14-15(32(28,29)26-8-12-31-13-9-26)4-5-19(16)25-6-10-30-11-7-25/h1-5,14H,6-13H2,(H,24,27). The van der Waals surface area contributed by atoms with Crippen LogP contribution in [0, 0.1) is 5.82 Å².